The van der Waals surface area contributed by atoms with E-state index >= 15 is 0 Å². The molecule has 1 aromatic carbocycles. The van der Waals surface area contributed by atoms with Gasteiger partial charge in [0.1, 0.15) is 11.4 Å². The Morgan fingerprint density at radius 1 is 1.19 bits per heavy atom. The van der Waals surface area contributed by atoms with E-state index < -0.39 is 5.41 Å². The monoisotopic (exact) mass is 424 g/mol. The molecule has 1 saturated heterocycles. The molecular formula is C23H28N4O4. The molecule has 1 saturated carbocycles. The molecule has 0 unspecified atom stereocenters. The number of benzene rings is 1. The zero-order valence-corrected chi connectivity index (χ0v) is 18.2. The molecule has 2 aliphatic rings. The van der Waals surface area contributed by atoms with Crippen LogP contribution in [-0.2, 0) is 14.4 Å². The summed E-state index contributed by atoms with van der Waals surface area (Å²) in [6.07, 6.45) is 3.89. The number of aryl methyl sites for hydroxylation is 2. The van der Waals surface area contributed by atoms with Crippen LogP contribution < -0.4 is 10.1 Å². The molecule has 1 aliphatic heterocycles. The van der Waals surface area contributed by atoms with E-state index in [2.05, 4.69) is 10.4 Å². The van der Waals surface area contributed by atoms with E-state index in [0.717, 1.165) is 42.8 Å². The highest BCUT2D eigenvalue weighted by atomic mass is 16.5. The summed E-state index contributed by atoms with van der Waals surface area (Å²) in [5, 5.41) is 7.31. The molecule has 3 amide bonds. The number of nitrogens with zero attached hydrogens (tertiary/aromatic N) is 3. The second-order valence-electron chi connectivity index (χ2n) is 8.54. The number of methoxy groups -OCH3 is 1. The average Bonchev–Trinajstić information content (AvgIpc) is 3.40. The Morgan fingerprint density at radius 2 is 1.94 bits per heavy atom. The zero-order chi connectivity index (χ0) is 22.2. The topological polar surface area (TPSA) is 93.5 Å². The van der Waals surface area contributed by atoms with E-state index in [0.29, 0.717) is 17.9 Å². The molecule has 164 valence electrons. The fourth-order valence-corrected chi connectivity index (χ4v) is 4.77. The third-order valence-electron chi connectivity index (χ3n) is 6.31. The number of hydrogen-bond acceptors (Lipinski definition) is 5. The number of aromatic nitrogens is 2. The van der Waals surface area contributed by atoms with Crippen molar-refractivity contribution in [3.63, 3.8) is 0 Å². The fraction of sp³-hybridized carbons (Fsp3) is 0.478. The van der Waals surface area contributed by atoms with Gasteiger partial charge >= 0.3 is 0 Å². The highest BCUT2D eigenvalue weighted by Gasteiger charge is 2.52. The lowest BCUT2D eigenvalue weighted by Crippen LogP contribution is -2.36. The summed E-state index contributed by atoms with van der Waals surface area (Å²) in [4.78, 5) is 38.9. The van der Waals surface area contributed by atoms with Gasteiger partial charge in [-0.05, 0) is 44.9 Å². The van der Waals surface area contributed by atoms with Gasteiger partial charge in [0, 0.05) is 36.8 Å². The molecule has 31 heavy (non-hydrogen) atoms. The number of rotatable bonds is 6. The van der Waals surface area contributed by atoms with Gasteiger partial charge in [-0.3, -0.25) is 19.3 Å². The molecule has 2 heterocycles. The normalized spacial score (nSPS) is 17.6. The molecule has 0 radical (unpaired) electrons. The number of ether oxygens (including phenoxy) is 1. The number of amides is 3. The number of nitrogens with one attached hydrogen (secondary N) is 1. The van der Waals surface area contributed by atoms with Crippen molar-refractivity contribution in [3.05, 3.63) is 35.7 Å². The zero-order valence-electron chi connectivity index (χ0n) is 18.2. The number of carbonyl (C=O) groups is 3. The van der Waals surface area contributed by atoms with Crippen molar-refractivity contribution in [2.24, 2.45) is 5.41 Å². The summed E-state index contributed by atoms with van der Waals surface area (Å²) in [5.74, 6) is 0.0697. The first-order chi connectivity index (χ1) is 14.8. The predicted octanol–water partition coefficient (Wildman–Crippen LogP) is 3.15. The first kappa shape index (κ1) is 21.1. The van der Waals surface area contributed by atoms with Gasteiger partial charge in [-0.25, -0.2) is 4.68 Å². The summed E-state index contributed by atoms with van der Waals surface area (Å²) in [6.45, 7) is 4.01. The van der Waals surface area contributed by atoms with Crippen LogP contribution in [0.4, 0.5) is 5.69 Å². The van der Waals surface area contributed by atoms with Crippen LogP contribution in [0, 0.1) is 19.3 Å². The molecule has 1 aliphatic carbocycles. The third kappa shape index (κ3) is 3.94. The van der Waals surface area contributed by atoms with E-state index in [9.17, 15) is 14.4 Å². The van der Waals surface area contributed by atoms with Crippen LogP contribution in [0.3, 0.4) is 0 Å². The van der Waals surface area contributed by atoms with Crippen LogP contribution in [0.2, 0.25) is 0 Å². The first-order valence-electron chi connectivity index (χ1n) is 10.7. The van der Waals surface area contributed by atoms with Gasteiger partial charge in [-0.15, -0.1) is 0 Å². The number of likely N-dealkylation sites (tertiary alicyclic amines) is 1. The largest absolute Gasteiger partial charge is 0.494 e. The van der Waals surface area contributed by atoms with Crippen LogP contribution in [-0.4, -0.2) is 46.1 Å². The summed E-state index contributed by atoms with van der Waals surface area (Å²) < 4.78 is 7.29. The van der Waals surface area contributed by atoms with E-state index in [4.69, 9.17) is 4.74 Å². The van der Waals surface area contributed by atoms with Crippen LogP contribution >= 0.6 is 0 Å². The van der Waals surface area contributed by atoms with Crippen LogP contribution in [0.5, 0.6) is 5.75 Å². The van der Waals surface area contributed by atoms with Gasteiger partial charge in [0.25, 0.3) is 0 Å². The molecule has 2 fully saturated rings. The minimum absolute atomic E-state index is 0.0646. The van der Waals surface area contributed by atoms with Crippen LogP contribution in [0.1, 0.15) is 49.9 Å². The van der Waals surface area contributed by atoms with Crippen LogP contribution in [0.25, 0.3) is 5.69 Å². The van der Waals surface area contributed by atoms with Gasteiger partial charge in [0.05, 0.1) is 18.2 Å². The van der Waals surface area contributed by atoms with Crippen molar-refractivity contribution < 1.29 is 19.1 Å². The number of hydrogen-bond donors (Lipinski definition) is 1. The van der Waals surface area contributed by atoms with Gasteiger partial charge in [-0.1, -0.05) is 12.8 Å². The molecule has 1 N–H and O–H groups in total. The van der Waals surface area contributed by atoms with Gasteiger partial charge in [0.15, 0.2) is 0 Å². The molecule has 0 atom stereocenters. The molecule has 8 nitrogen and oxygen atoms in total. The summed E-state index contributed by atoms with van der Waals surface area (Å²) in [5.41, 5.74) is 2.74. The molecular weight excluding hydrogens is 396 g/mol. The summed E-state index contributed by atoms with van der Waals surface area (Å²) >= 11 is 0. The van der Waals surface area contributed by atoms with Crippen molar-refractivity contribution in [3.8, 4) is 11.4 Å². The molecule has 4 rings (SSSR count). The lowest BCUT2D eigenvalue weighted by molar-refractivity contribution is -0.141. The Bertz CT molecular complexity index is 1040. The minimum Gasteiger partial charge on any atom is -0.494 e. The Balaban J connectivity index is 1.40. The van der Waals surface area contributed by atoms with Crippen molar-refractivity contribution in [2.75, 3.05) is 19.0 Å². The second kappa shape index (κ2) is 8.17. The SMILES string of the molecule is COc1cc(NC(=O)CCN2C(=O)CC3(CCCC3)C2=O)ccc1-n1nc(C)cc1C. The van der Waals surface area contributed by atoms with Gasteiger partial charge < -0.3 is 10.1 Å². The van der Waals surface area contributed by atoms with Crippen molar-refractivity contribution in [1.29, 1.82) is 0 Å². The minimum atomic E-state index is -0.500. The second-order valence-corrected chi connectivity index (χ2v) is 8.54. The average molecular weight is 425 g/mol. The maximum absolute atomic E-state index is 12.7. The standard InChI is InChI=1S/C23H28N4O4/c1-15-12-16(2)27(25-15)18-7-6-17(13-19(18)31-3)24-20(28)8-11-26-21(29)14-23(22(26)30)9-4-5-10-23/h6-7,12-13H,4-5,8-11,14H2,1-3H3,(H,24,28). The van der Waals surface area contributed by atoms with Crippen LogP contribution in [0.15, 0.2) is 24.3 Å². The van der Waals surface area contributed by atoms with Gasteiger partial charge in [-0.2, -0.15) is 5.10 Å². The lowest BCUT2D eigenvalue weighted by atomic mass is 9.84. The highest BCUT2D eigenvalue weighted by molar-refractivity contribution is 6.06. The van der Waals surface area contributed by atoms with E-state index in [-0.39, 0.29) is 30.7 Å². The first-order valence-corrected chi connectivity index (χ1v) is 10.7. The summed E-state index contributed by atoms with van der Waals surface area (Å²) in [7, 11) is 1.57. The summed E-state index contributed by atoms with van der Waals surface area (Å²) in [6, 6.07) is 7.34. The predicted molar refractivity (Wildman–Crippen MR) is 115 cm³/mol. The highest BCUT2D eigenvalue weighted by Crippen LogP contribution is 2.46. The van der Waals surface area contributed by atoms with E-state index in [1.54, 1.807) is 23.9 Å². The molecule has 0 bridgehead atoms. The van der Waals surface area contributed by atoms with Crippen molar-refractivity contribution in [2.45, 2.75) is 52.4 Å². The van der Waals surface area contributed by atoms with E-state index in [1.165, 1.54) is 4.90 Å². The molecule has 2 aromatic rings. The quantitative estimate of drug-likeness (QED) is 0.719. The maximum atomic E-state index is 12.7. The molecule has 1 spiro atoms. The third-order valence-corrected chi connectivity index (χ3v) is 6.31. The smallest absolute Gasteiger partial charge is 0.235 e. The Morgan fingerprint density at radius 3 is 2.58 bits per heavy atom. The van der Waals surface area contributed by atoms with Gasteiger partial charge in [0.2, 0.25) is 17.7 Å². The Labute approximate surface area is 181 Å². The van der Waals surface area contributed by atoms with E-state index in [1.807, 2.05) is 26.0 Å². The molecule has 8 heteroatoms. The fourth-order valence-electron chi connectivity index (χ4n) is 4.77. The van der Waals surface area contributed by atoms with Crippen molar-refractivity contribution in [1.82, 2.24) is 14.7 Å². The lowest BCUT2D eigenvalue weighted by Gasteiger charge is -2.20. The number of imide groups is 1. The Kier molecular flexibility index (Phi) is 5.56. The molecule has 1 aromatic heterocycles. The van der Waals surface area contributed by atoms with Crippen molar-refractivity contribution >= 4 is 23.4 Å². The maximum Gasteiger partial charge on any atom is 0.235 e. The number of anilines is 1. The Hall–Kier alpha value is -3.16. The number of carbonyl (C=O) groups excluding carboxylic acids is 3.